The van der Waals surface area contributed by atoms with Crippen molar-refractivity contribution in [3.63, 3.8) is 0 Å². The molecule has 1 heterocycles. The van der Waals surface area contributed by atoms with E-state index >= 15 is 0 Å². The van der Waals surface area contributed by atoms with Gasteiger partial charge in [0.25, 0.3) is 0 Å². The Kier molecular flexibility index (Phi) is 5.69. The molecule has 0 spiro atoms. The number of unbranched alkanes of at least 4 members (excludes halogenated alkanes) is 1. The van der Waals surface area contributed by atoms with Crippen LogP contribution in [-0.2, 0) is 6.42 Å². The summed E-state index contributed by atoms with van der Waals surface area (Å²) < 4.78 is 0. The van der Waals surface area contributed by atoms with Crippen LogP contribution in [0.1, 0.15) is 31.0 Å². The maximum atomic E-state index is 5.30. The number of anilines is 2. The molecule has 0 aliphatic heterocycles. The number of benzene rings is 1. The fraction of sp³-hybridized carbons (Fsp3) is 0.294. The molecule has 1 aromatic heterocycles. The van der Waals surface area contributed by atoms with Gasteiger partial charge in [0.2, 0.25) is 0 Å². The van der Waals surface area contributed by atoms with E-state index in [2.05, 4.69) is 46.8 Å². The first-order valence-electron chi connectivity index (χ1n) is 7.28. The minimum Gasteiger partial charge on any atom is -0.332 e. The van der Waals surface area contributed by atoms with Crippen molar-refractivity contribution < 1.29 is 0 Å². The zero-order valence-corrected chi connectivity index (χ0v) is 13.3. The van der Waals surface area contributed by atoms with E-state index in [0.29, 0.717) is 5.11 Å². The van der Waals surface area contributed by atoms with Gasteiger partial charge in [-0.1, -0.05) is 31.5 Å². The first-order valence-corrected chi connectivity index (χ1v) is 7.69. The zero-order chi connectivity index (χ0) is 15.1. The molecule has 0 fully saturated rings. The predicted molar refractivity (Wildman–Crippen MR) is 93.9 cm³/mol. The predicted octanol–water partition coefficient (Wildman–Crippen LogP) is 4.54. The lowest BCUT2D eigenvalue weighted by atomic mass is 10.1. The molecule has 0 unspecified atom stereocenters. The van der Waals surface area contributed by atoms with Crippen molar-refractivity contribution in [2.24, 2.45) is 0 Å². The largest absolute Gasteiger partial charge is 0.332 e. The third-order valence-corrected chi connectivity index (χ3v) is 3.36. The normalized spacial score (nSPS) is 10.2. The van der Waals surface area contributed by atoms with Crippen LogP contribution in [0.2, 0.25) is 0 Å². The highest BCUT2D eigenvalue weighted by Gasteiger charge is 2.00. The van der Waals surface area contributed by atoms with Crippen LogP contribution >= 0.6 is 12.2 Å². The zero-order valence-electron chi connectivity index (χ0n) is 12.5. The lowest BCUT2D eigenvalue weighted by molar-refractivity contribution is 0.795. The van der Waals surface area contributed by atoms with E-state index in [-0.39, 0.29) is 0 Å². The van der Waals surface area contributed by atoms with Gasteiger partial charge in [0.15, 0.2) is 5.11 Å². The number of pyridine rings is 1. The summed E-state index contributed by atoms with van der Waals surface area (Å²) in [7, 11) is 0. The summed E-state index contributed by atoms with van der Waals surface area (Å²) in [5.74, 6) is 0.757. The quantitative estimate of drug-likeness (QED) is 0.795. The van der Waals surface area contributed by atoms with Crippen molar-refractivity contribution in [1.82, 2.24) is 4.98 Å². The first-order chi connectivity index (χ1) is 10.2. The number of nitrogens with zero attached hydrogens (tertiary/aromatic N) is 1. The average molecular weight is 299 g/mol. The molecule has 0 bridgehead atoms. The molecule has 3 nitrogen and oxygen atoms in total. The van der Waals surface area contributed by atoms with Crippen LogP contribution in [0, 0.1) is 6.92 Å². The van der Waals surface area contributed by atoms with Gasteiger partial charge in [-0.3, -0.25) is 0 Å². The molecule has 2 aromatic rings. The van der Waals surface area contributed by atoms with Gasteiger partial charge in [-0.15, -0.1) is 0 Å². The summed E-state index contributed by atoms with van der Waals surface area (Å²) in [5.41, 5.74) is 3.31. The molecule has 0 radical (unpaired) electrons. The van der Waals surface area contributed by atoms with Crippen molar-refractivity contribution in [3.8, 4) is 0 Å². The lowest BCUT2D eigenvalue weighted by Crippen LogP contribution is -2.19. The SMILES string of the molecule is CCCCc1ccc(NC(=S)Nc2cccc(C)n2)cc1. The number of hydrogen-bond acceptors (Lipinski definition) is 2. The van der Waals surface area contributed by atoms with E-state index in [0.717, 1.165) is 23.6 Å². The van der Waals surface area contributed by atoms with Gasteiger partial charge >= 0.3 is 0 Å². The molecular weight excluding hydrogens is 278 g/mol. The fourth-order valence-corrected chi connectivity index (χ4v) is 2.25. The van der Waals surface area contributed by atoms with Gasteiger partial charge < -0.3 is 10.6 Å². The van der Waals surface area contributed by atoms with Crippen molar-refractivity contribution in [2.45, 2.75) is 33.1 Å². The Morgan fingerprint density at radius 2 is 1.86 bits per heavy atom. The number of nitrogens with one attached hydrogen (secondary N) is 2. The highest BCUT2D eigenvalue weighted by molar-refractivity contribution is 7.80. The second kappa shape index (κ2) is 7.74. The Labute approximate surface area is 131 Å². The average Bonchev–Trinajstić information content (AvgIpc) is 2.46. The summed E-state index contributed by atoms with van der Waals surface area (Å²) in [6.45, 7) is 4.16. The maximum absolute atomic E-state index is 5.30. The molecule has 0 aliphatic carbocycles. The third kappa shape index (κ3) is 5.16. The maximum Gasteiger partial charge on any atom is 0.176 e. The molecule has 21 heavy (non-hydrogen) atoms. The minimum atomic E-state index is 0.550. The Balaban J connectivity index is 1.90. The molecule has 0 aliphatic rings. The van der Waals surface area contributed by atoms with Crippen LogP contribution in [-0.4, -0.2) is 10.1 Å². The van der Waals surface area contributed by atoms with Gasteiger partial charge in [0.05, 0.1) is 0 Å². The Bertz CT molecular complexity index is 593. The summed E-state index contributed by atoms with van der Waals surface area (Å²) >= 11 is 5.30. The third-order valence-electron chi connectivity index (χ3n) is 3.16. The smallest absolute Gasteiger partial charge is 0.176 e. The topological polar surface area (TPSA) is 37.0 Å². The standard InChI is InChI=1S/C17H21N3S/c1-3-4-7-14-9-11-15(12-10-14)19-17(21)20-16-8-5-6-13(2)18-16/h5-6,8-12H,3-4,7H2,1-2H3,(H2,18,19,20,21). The first kappa shape index (κ1) is 15.4. The van der Waals surface area contributed by atoms with Crippen LogP contribution < -0.4 is 10.6 Å². The summed E-state index contributed by atoms with van der Waals surface area (Å²) in [6, 6.07) is 14.2. The molecular formula is C17H21N3S. The molecule has 1 aromatic carbocycles. The Morgan fingerprint density at radius 3 is 2.52 bits per heavy atom. The minimum absolute atomic E-state index is 0.550. The van der Waals surface area contributed by atoms with Gasteiger partial charge in [-0.25, -0.2) is 4.98 Å². The van der Waals surface area contributed by atoms with Gasteiger partial charge in [-0.2, -0.15) is 0 Å². The molecule has 0 saturated carbocycles. The summed E-state index contributed by atoms with van der Waals surface area (Å²) in [4.78, 5) is 4.36. The van der Waals surface area contributed by atoms with Crippen LogP contribution in [0.4, 0.5) is 11.5 Å². The lowest BCUT2D eigenvalue weighted by Gasteiger charge is -2.10. The number of aromatic nitrogens is 1. The van der Waals surface area contributed by atoms with E-state index < -0.39 is 0 Å². The molecule has 0 atom stereocenters. The van der Waals surface area contributed by atoms with Gasteiger partial charge in [0.1, 0.15) is 5.82 Å². The molecule has 4 heteroatoms. The van der Waals surface area contributed by atoms with Crippen molar-refractivity contribution in [2.75, 3.05) is 10.6 Å². The van der Waals surface area contributed by atoms with E-state index in [1.165, 1.54) is 18.4 Å². The number of rotatable bonds is 5. The Hall–Kier alpha value is -1.94. The number of hydrogen-bond donors (Lipinski definition) is 2. The highest BCUT2D eigenvalue weighted by Crippen LogP contribution is 2.12. The summed E-state index contributed by atoms with van der Waals surface area (Å²) in [6.07, 6.45) is 3.58. The molecule has 2 N–H and O–H groups in total. The molecule has 2 rings (SSSR count). The van der Waals surface area contributed by atoms with Gasteiger partial charge in [0, 0.05) is 11.4 Å². The monoisotopic (exact) mass is 299 g/mol. The van der Waals surface area contributed by atoms with Crippen molar-refractivity contribution in [3.05, 3.63) is 53.7 Å². The van der Waals surface area contributed by atoms with Crippen LogP contribution in [0.15, 0.2) is 42.5 Å². The van der Waals surface area contributed by atoms with E-state index in [1.54, 1.807) is 0 Å². The van der Waals surface area contributed by atoms with Crippen LogP contribution in [0.5, 0.6) is 0 Å². The second-order valence-corrected chi connectivity index (χ2v) is 5.45. The highest BCUT2D eigenvalue weighted by atomic mass is 32.1. The number of thiocarbonyl (C=S) groups is 1. The summed E-state index contributed by atoms with van der Waals surface area (Å²) in [5, 5.41) is 6.81. The Morgan fingerprint density at radius 1 is 1.10 bits per heavy atom. The molecule has 0 amide bonds. The van der Waals surface area contributed by atoms with E-state index in [9.17, 15) is 0 Å². The van der Waals surface area contributed by atoms with Crippen molar-refractivity contribution >= 4 is 28.8 Å². The van der Waals surface area contributed by atoms with Gasteiger partial charge in [-0.05, 0) is 61.8 Å². The number of aryl methyl sites for hydroxylation is 2. The van der Waals surface area contributed by atoms with E-state index in [4.69, 9.17) is 12.2 Å². The molecule has 110 valence electrons. The van der Waals surface area contributed by atoms with Crippen LogP contribution in [0.3, 0.4) is 0 Å². The molecule has 0 saturated heterocycles. The van der Waals surface area contributed by atoms with Crippen LogP contribution in [0.25, 0.3) is 0 Å². The van der Waals surface area contributed by atoms with E-state index in [1.807, 2.05) is 25.1 Å². The van der Waals surface area contributed by atoms with Crippen molar-refractivity contribution in [1.29, 1.82) is 0 Å². The second-order valence-electron chi connectivity index (χ2n) is 5.04. The fourth-order valence-electron chi connectivity index (χ4n) is 2.03.